The molecule has 0 aromatic heterocycles. The quantitative estimate of drug-likeness (QED) is 0.783. The van der Waals surface area contributed by atoms with Crippen LogP contribution in [0.3, 0.4) is 0 Å². The van der Waals surface area contributed by atoms with E-state index < -0.39 is 22.9 Å². The summed E-state index contributed by atoms with van der Waals surface area (Å²) >= 11 is 0. The van der Waals surface area contributed by atoms with Gasteiger partial charge >= 0.3 is 5.97 Å². The number of aliphatic hydroxyl groups is 1. The van der Waals surface area contributed by atoms with Crippen molar-refractivity contribution in [2.45, 2.75) is 58.0 Å². The average Bonchev–Trinajstić information content (AvgIpc) is 2.23. The highest BCUT2D eigenvalue weighted by Crippen LogP contribution is 2.47. The summed E-state index contributed by atoms with van der Waals surface area (Å²) in [6.07, 6.45) is -0.920. The monoisotopic (exact) mass is 250 g/mol. The van der Waals surface area contributed by atoms with Crippen molar-refractivity contribution < 1.29 is 23.4 Å². The molecule has 1 saturated carbocycles. The van der Waals surface area contributed by atoms with Gasteiger partial charge in [0.15, 0.2) is 0 Å². The van der Waals surface area contributed by atoms with E-state index in [-0.39, 0.29) is 32.3 Å². The summed E-state index contributed by atoms with van der Waals surface area (Å²) in [4.78, 5) is 11.8. The average molecular weight is 250 g/mol. The first kappa shape index (κ1) is 14.4. The van der Waals surface area contributed by atoms with Gasteiger partial charge in [0.2, 0.25) is 5.92 Å². The van der Waals surface area contributed by atoms with Crippen molar-refractivity contribution >= 4 is 5.97 Å². The molecule has 100 valence electrons. The highest BCUT2D eigenvalue weighted by molar-refractivity contribution is 5.77. The lowest BCUT2D eigenvalue weighted by Gasteiger charge is -2.44. The van der Waals surface area contributed by atoms with Crippen LogP contribution in [-0.2, 0) is 9.53 Å². The Labute approximate surface area is 100 Å². The fourth-order valence-electron chi connectivity index (χ4n) is 2.16. The van der Waals surface area contributed by atoms with Gasteiger partial charge in [-0.1, -0.05) is 0 Å². The lowest BCUT2D eigenvalue weighted by Crippen LogP contribution is -2.53. The third-order valence-corrected chi connectivity index (χ3v) is 3.76. The molecule has 1 fully saturated rings. The molecule has 0 spiro atoms. The van der Waals surface area contributed by atoms with E-state index >= 15 is 0 Å². The Bertz CT molecular complexity index is 290. The third kappa shape index (κ3) is 2.76. The third-order valence-electron chi connectivity index (χ3n) is 3.76. The summed E-state index contributed by atoms with van der Waals surface area (Å²) in [7, 11) is 0. The summed E-state index contributed by atoms with van der Waals surface area (Å²) < 4.78 is 31.0. The molecule has 0 radical (unpaired) electrons. The molecule has 0 aromatic carbocycles. The van der Waals surface area contributed by atoms with Crippen molar-refractivity contribution in [1.29, 1.82) is 0 Å². The topological polar surface area (TPSA) is 46.5 Å². The zero-order valence-corrected chi connectivity index (χ0v) is 10.6. The van der Waals surface area contributed by atoms with Gasteiger partial charge in [0, 0.05) is 12.8 Å². The molecule has 0 heterocycles. The van der Waals surface area contributed by atoms with Crippen molar-refractivity contribution in [3.05, 3.63) is 0 Å². The zero-order valence-electron chi connectivity index (χ0n) is 10.6. The molecule has 1 aliphatic carbocycles. The normalized spacial score (nSPS) is 23.2. The molecule has 0 aliphatic heterocycles. The number of hydrogen-bond donors (Lipinski definition) is 1. The van der Waals surface area contributed by atoms with E-state index in [1.165, 1.54) is 0 Å². The molecule has 0 unspecified atom stereocenters. The van der Waals surface area contributed by atoms with E-state index in [2.05, 4.69) is 0 Å². The molecule has 0 amide bonds. The van der Waals surface area contributed by atoms with Crippen LogP contribution in [0, 0.1) is 5.41 Å². The highest BCUT2D eigenvalue weighted by atomic mass is 19.3. The first-order chi connectivity index (χ1) is 7.65. The molecular formula is C12H20F2O3. The number of esters is 1. The SMILES string of the molecule is CCOC(=O)C(C)(C)C1(O)CCC(F)(F)CC1. The maximum atomic E-state index is 13.1. The highest BCUT2D eigenvalue weighted by Gasteiger charge is 2.54. The van der Waals surface area contributed by atoms with Gasteiger partial charge in [-0.05, 0) is 33.6 Å². The van der Waals surface area contributed by atoms with E-state index in [1.54, 1.807) is 20.8 Å². The van der Waals surface area contributed by atoms with E-state index in [0.29, 0.717) is 0 Å². The number of carbonyl (C=O) groups excluding carboxylic acids is 1. The maximum Gasteiger partial charge on any atom is 0.314 e. The predicted octanol–water partition coefficient (Wildman–Crippen LogP) is 2.52. The van der Waals surface area contributed by atoms with E-state index in [4.69, 9.17) is 4.74 Å². The van der Waals surface area contributed by atoms with Crippen molar-refractivity contribution in [2.75, 3.05) is 6.61 Å². The number of halogens is 2. The Morgan fingerprint density at radius 3 is 2.18 bits per heavy atom. The summed E-state index contributed by atoms with van der Waals surface area (Å²) in [5, 5.41) is 10.4. The second kappa shape index (κ2) is 4.52. The molecule has 0 saturated heterocycles. The van der Waals surface area contributed by atoms with E-state index in [0.717, 1.165) is 0 Å². The predicted molar refractivity (Wildman–Crippen MR) is 58.8 cm³/mol. The molecular weight excluding hydrogens is 230 g/mol. The number of hydrogen-bond acceptors (Lipinski definition) is 3. The smallest absolute Gasteiger partial charge is 0.314 e. The second-order valence-electron chi connectivity index (χ2n) is 5.23. The molecule has 1 N–H and O–H groups in total. The van der Waals surface area contributed by atoms with Crippen molar-refractivity contribution in [3.8, 4) is 0 Å². The van der Waals surface area contributed by atoms with Crippen LogP contribution in [0.15, 0.2) is 0 Å². The Morgan fingerprint density at radius 2 is 1.76 bits per heavy atom. The van der Waals surface area contributed by atoms with Crippen LogP contribution >= 0.6 is 0 Å². The van der Waals surface area contributed by atoms with Crippen LogP contribution in [0.25, 0.3) is 0 Å². The van der Waals surface area contributed by atoms with Crippen molar-refractivity contribution in [2.24, 2.45) is 5.41 Å². The Balaban J connectivity index is 2.80. The van der Waals surface area contributed by atoms with Crippen LogP contribution in [0.5, 0.6) is 0 Å². The Kier molecular flexibility index (Phi) is 3.81. The summed E-state index contributed by atoms with van der Waals surface area (Å²) in [5.41, 5.74) is -2.56. The molecule has 1 rings (SSSR count). The Hall–Kier alpha value is -0.710. The standard InChI is InChI=1S/C12H20F2O3/c1-4-17-9(15)10(2,3)11(16)5-7-12(13,14)8-6-11/h16H,4-8H2,1-3H3. The number of rotatable bonds is 3. The molecule has 0 aromatic rings. The Morgan fingerprint density at radius 1 is 1.29 bits per heavy atom. The van der Waals surface area contributed by atoms with Crippen LogP contribution in [0.4, 0.5) is 8.78 Å². The largest absolute Gasteiger partial charge is 0.465 e. The minimum Gasteiger partial charge on any atom is -0.465 e. The van der Waals surface area contributed by atoms with E-state index in [9.17, 15) is 18.7 Å². The zero-order chi connectivity index (χ0) is 13.3. The van der Waals surface area contributed by atoms with Gasteiger partial charge in [-0.2, -0.15) is 0 Å². The van der Waals surface area contributed by atoms with Gasteiger partial charge in [0.1, 0.15) is 0 Å². The summed E-state index contributed by atoms with van der Waals surface area (Å²) in [5.74, 6) is -3.26. The van der Waals surface area contributed by atoms with Gasteiger partial charge in [-0.25, -0.2) is 8.78 Å². The van der Waals surface area contributed by atoms with Gasteiger partial charge in [0.05, 0.1) is 17.6 Å². The van der Waals surface area contributed by atoms with Crippen LogP contribution in [0.1, 0.15) is 46.5 Å². The molecule has 1 aliphatic rings. The lowest BCUT2D eigenvalue weighted by atomic mass is 9.66. The van der Waals surface area contributed by atoms with E-state index in [1.807, 2.05) is 0 Å². The number of carbonyl (C=O) groups is 1. The van der Waals surface area contributed by atoms with Gasteiger partial charge in [-0.15, -0.1) is 0 Å². The molecule has 5 heteroatoms. The maximum absolute atomic E-state index is 13.1. The number of ether oxygens (including phenoxy) is 1. The summed E-state index contributed by atoms with van der Waals surface area (Å²) in [6, 6.07) is 0. The fourth-order valence-corrected chi connectivity index (χ4v) is 2.16. The van der Waals surface area contributed by atoms with Crippen LogP contribution in [-0.4, -0.2) is 29.2 Å². The molecule has 0 bridgehead atoms. The minimum absolute atomic E-state index is 0.0776. The molecule has 17 heavy (non-hydrogen) atoms. The number of alkyl halides is 2. The van der Waals surface area contributed by atoms with Crippen molar-refractivity contribution in [3.63, 3.8) is 0 Å². The van der Waals surface area contributed by atoms with Crippen LogP contribution in [0.2, 0.25) is 0 Å². The van der Waals surface area contributed by atoms with Gasteiger partial charge < -0.3 is 9.84 Å². The fraction of sp³-hybridized carbons (Fsp3) is 0.917. The molecule has 3 nitrogen and oxygen atoms in total. The summed E-state index contributed by atoms with van der Waals surface area (Å²) in [6.45, 7) is 4.99. The first-order valence-electron chi connectivity index (χ1n) is 5.92. The second-order valence-corrected chi connectivity index (χ2v) is 5.23. The first-order valence-corrected chi connectivity index (χ1v) is 5.92. The van der Waals surface area contributed by atoms with Gasteiger partial charge in [0.25, 0.3) is 0 Å². The lowest BCUT2D eigenvalue weighted by molar-refractivity contribution is -0.186. The minimum atomic E-state index is -2.73. The van der Waals surface area contributed by atoms with Gasteiger partial charge in [-0.3, -0.25) is 4.79 Å². The van der Waals surface area contributed by atoms with Crippen LogP contribution < -0.4 is 0 Å². The van der Waals surface area contributed by atoms with Crippen molar-refractivity contribution in [1.82, 2.24) is 0 Å². The molecule has 0 atom stereocenters.